The number of benzene rings is 1. The number of fused-ring (bicyclic) bond motifs is 3. The first-order valence-corrected chi connectivity index (χ1v) is 5.72. The lowest BCUT2D eigenvalue weighted by atomic mass is 10.0. The van der Waals surface area contributed by atoms with Gasteiger partial charge in [0.25, 0.3) is 0 Å². The van der Waals surface area contributed by atoms with Crippen LogP contribution in [0.2, 0.25) is 0 Å². The molecule has 17 heavy (non-hydrogen) atoms. The van der Waals surface area contributed by atoms with Gasteiger partial charge in [-0.05, 0) is 23.8 Å². The van der Waals surface area contributed by atoms with Crippen LogP contribution in [0.1, 0.15) is 21.6 Å². The number of ether oxygens (including phenoxy) is 1. The van der Waals surface area contributed by atoms with Crippen molar-refractivity contribution in [3.63, 3.8) is 0 Å². The Morgan fingerprint density at radius 1 is 1.41 bits per heavy atom. The summed E-state index contributed by atoms with van der Waals surface area (Å²) in [7, 11) is 1.40. The zero-order chi connectivity index (χ0) is 11.8. The minimum atomic E-state index is -0.286. The highest BCUT2D eigenvalue weighted by atomic mass is 16.5. The number of esters is 1. The normalized spacial score (nSPS) is 14.6. The molecule has 0 aliphatic carbocycles. The maximum absolute atomic E-state index is 11.5. The van der Waals surface area contributed by atoms with E-state index in [9.17, 15) is 4.79 Å². The summed E-state index contributed by atoms with van der Waals surface area (Å²) in [5.74, 6) is -0.286. The molecule has 3 rings (SSSR count). The van der Waals surface area contributed by atoms with Gasteiger partial charge in [0.1, 0.15) is 0 Å². The van der Waals surface area contributed by atoms with E-state index in [-0.39, 0.29) is 5.97 Å². The fraction of sp³-hybridized carbons (Fsp3) is 0.308. The lowest BCUT2D eigenvalue weighted by molar-refractivity contribution is 0.0601. The van der Waals surface area contributed by atoms with Gasteiger partial charge in [0.15, 0.2) is 0 Å². The van der Waals surface area contributed by atoms with Crippen molar-refractivity contribution in [1.82, 2.24) is 10.3 Å². The van der Waals surface area contributed by atoms with Crippen LogP contribution >= 0.6 is 0 Å². The largest absolute Gasteiger partial charge is 0.465 e. The van der Waals surface area contributed by atoms with E-state index in [1.807, 2.05) is 12.1 Å². The van der Waals surface area contributed by atoms with Crippen LogP contribution in [0.25, 0.3) is 10.9 Å². The molecule has 1 aliphatic rings. The minimum Gasteiger partial charge on any atom is -0.465 e. The first-order chi connectivity index (χ1) is 8.29. The molecule has 0 saturated heterocycles. The molecule has 2 aromatic rings. The quantitative estimate of drug-likeness (QED) is 0.732. The van der Waals surface area contributed by atoms with Crippen molar-refractivity contribution in [2.75, 3.05) is 13.7 Å². The fourth-order valence-electron chi connectivity index (χ4n) is 2.39. The summed E-state index contributed by atoms with van der Waals surface area (Å²) in [4.78, 5) is 14.9. The number of aromatic amines is 1. The molecule has 4 heteroatoms. The summed E-state index contributed by atoms with van der Waals surface area (Å²) in [5, 5.41) is 4.47. The number of H-pyrrole nitrogens is 1. The molecule has 0 unspecified atom stereocenters. The number of carbonyl (C=O) groups is 1. The Balaban J connectivity index is 2.17. The molecule has 0 bridgehead atoms. The van der Waals surface area contributed by atoms with Crippen molar-refractivity contribution in [3.8, 4) is 0 Å². The molecule has 0 atom stereocenters. The van der Waals surface area contributed by atoms with Gasteiger partial charge in [-0.15, -0.1) is 0 Å². The third kappa shape index (κ3) is 1.61. The molecule has 0 fully saturated rings. The number of hydrogen-bond donors (Lipinski definition) is 2. The van der Waals surface area contributed by atoms with Gasteiger partial charge in [-0.3, -0.25) is 0 Å². The number of aromatic nitrogens is 1. The number of carbonyl (C=O) groups excluding carboxylic acids is 1. The van der Waals surface area contributed by atoms with Gasteiger partial charge in [0.05, 0.1) is 12.7 Å². The van der Waals surface area contributed by atoms with E-state index >= 15 is 0 Å². The Labute approximate surface area is 99.0 Å². The average molecular weight is 230 g/mol. The van der Waals surface area contributed by atoms with Gasteiger partial charge in [-0.2, -0.15) is 0 Å². The van der Waals surface area contributed by atoms with Gasteiger partial charge in [0.2, 0.25) is 0 Å². The standard InChI is InChI=1S/C13H14N2O2/c1-17-13(16)8-2-3-11-9(6-8)10-7-14-5-4-12(10)15-11/h2-3,6,14-15H,4-5,7H2,1H3. The van der Waals surface area contributed by atoms with Crippen LogP contribution in [0.15, 0.2) is 18.2 Å². The van der Waals surface area contributed by atoms with Crippen molar-refractivity contribution in [2.45, 2.75) is 13.0 Å². The van der Waals surface area contributed by atoms with Crippen LogP contribution < -0.4 is 5.32 Å². The Morgan fingerprint density at radius 2 is 2.29 bits per heavy atom. The van der Waals surface area contributed by atoms with Crippen LogP contribution in [-0.4, -0.2) is 24.6 Å². The molecule has 2 N–H and O–H groups in total. The Kier molecular flexibility index (Phi) is 2.37. The van der Waals surface area contributed by atoms with E-state index in [4.69, 9.17) is 4.74 Å². The predicted molar refractivity (Wildman–Crippen MR) is 65.0 cm³/mol. The zero-order valence-electron chi connectivity index (χ0n) is 9.67. The summed E-state index contributed by atoms with van der Waals surface area (Å²) in [6.07, 6.45) is 1.01. The molecule has 2 heterocycles. The Morgan fingerprint density at radius 3 is 3.12 bits per heavy atom. The van der Waals surface area contributed by atoms with Crippen LogP contribution in [0.3, 0.4) is 0 Å². The maximum Gasteiger partial charge on any atom is 0.337 e. The second kappa shape index (κ2) is 3.89. The topological polar surface area (TPSA) is 54.1 Å². The SMILES string of the molecule is COC(=O)c1ccc2[nH]c3c(c2c1)CNCC3. The Bertz CT molecular complexity index is 586. The summed E-state index contributed by atoms with van der Waals surface area (Å²) in [6.45, 7) is 1.86. The van der Waals surface area contributed by atoms with Crippen molar-refractivity contribution >= 4 is 16.9 Å². The zero-order valence-corrected chi connectivity index (χ0v) is 9.67. The second-order valence-corrected chi connectivity index (χ2v) is 4.26. The molecule has 0 amide bonds. The molecule has 88 valence electrons. The highest BCUT2D eigenvalue weighted by molar-refractivity contribution is 5.96. The third-order valence-corrected chi connectivity index (χ3v) is 3.27. The monoisotopic (exact) mass is 230 g/mol. The molecule has 0 spiro atoms. The van der Waals surface area contributed by atoms with E-state index in [2.05, 4.69) is 10.3 Å². The highest BCUT2D eigenvalue weighted by Gasteiger charge is 2.16. The van der Waals surface area contributed by atoms with E-state index in [1.165, 1.54) is 18.4 Å². The van der Waals surface area contributed by atoms with Crippen molar-refractivity contribution < 1.29 is 9.53 Å². The fourth-order valence-corrected chi connectivity index (χ4v) is 2.39. The van der Waals surface area contributed by atoms with Crippen molar-refractivity contribution in [3.05, 3.63) is 35.0 Å². The number of hydrogen-bond acceptors (Lipinski definition) is 3. The first kappa shape index (κ1) is 10.4. The summed E-state index contributed by atoms with van der Waals surface area (Å²) < 4.78 is 4.74. The van der Waals surface area contributed by atoms with Gasteiger partial charge in [-0.25, -0.2) is 4.79 Å². The van der Waals surface area contributed by atoms with Crippen molar-refractivity contribution in [2.24, 2.45) is 0 Å². The maximum atomic E-state index is 11.5. The highest BCUT2D eigenvalue weighted by Crippen LogP contribution is 2.26. The molecule has 1 aliphatic heterocycles. The summed E-state index contributed by atoms with van der Waals surface area (Å²) in [5.41, 5.74) is 4.25. The van der Waals surface area contributed by atoms with E-state index < -0.39 is 0 Å². The molecular weight excluding hydrogens is 216 g/mol. The lowest BCUT2D eigenvalue weighted by Gasteiger charge is -2.12. The van der Waals surface area contributed by atoms with Crippen LogP contribution in [0.4, 0.5) is 0 Å². The van der Waals surface area contributed by atoms with Crippen LogP contribution in [-0.2, 0) is 17.7 Å². The number of rotatable bonds is 1. The minimum absolute atomic E-state index is 0.286. The predicted octanol–water partition coefficient (Wildman–Crippen LogP) is 1.60. The first-order valence-electron chi connectivity index (χ1n) is 5.72. The molecule has 4 nitrogen and oxygen atoms in total. The van der Waals surface area contributed by atoms with E-state index in [1.54, 1.807) is 6.07 Å². The van der Waals surface area contributed by atoms with Crippen LogP contribution in [0.5, 0.6) is 0 Å². The lowest BCUT2D eigenvalue weighted by Crippen LogP contribution is -2.22. The van der Waals surface area contributed by atoms with Gasteiger partial charge in [-0.1, -0.05) is 0 Å². The third-order valence-electron chi connectivity index (χ3n) is 3.27. The molecular formula is C13H14N2O2. The molecule has 1 aromatic heterocycles. The van der Waals surface area contributed by atoms with Gasteiger partial charge < -0.3 is 15.0 Å². The van der Waals surface area contributed by atoms with Crippen molar-refractivity contribution in [1.29, 1.82) is 0 Å². The van der Waals surface area contributed by atoms with Gasteiger partial charge >= 0.3 is 5.97 Å². The van der Waals surface area contributed by atoms with E-state index in [0.29, 0.717) is 5.56 Å². The molecule has 0 saturated carbocycles. The Hall–Kier alpha value is -1.81. The van der Waals surface area contributed by atoms with E-state index in [0.717, 1.165) is 30.4 Å². The second-order valence-electron chi connectivity index (χ2n) is 4.26. The van der Waals surface area contributed by atoms with Gasteiger partial charge in [0, 0.05) is 36.1 Å². The van der Waals surface area contributed by atoms with Crippen LogP contribution in [0, 0.1) is 0 Å². The summed E-state index contributed by atoms with van der Waals surface area (Å²) >= 11 is 0. The summed E-state index contributed by atoms with van der Waals surface area (Å²) in [6, 6.07) is 5.65. The molecule has 1 aromatic carbocycles. The number of methoxy groups -OCH3 is 1. The smallest absolute Gasteiger partial charge is 0.337 e. The molecule has 0 radical (unpaired) electrons. The average Bonchev–Trinajstić information content (AvgIpc) is 2.75. The number of nitrogens with one attached hydrogen (secondary N) is 2.